The van der Waals surface area contributed by atoms with Crippen molar-refractivity contribution in [3.63, 3.8) is 0 Å². The average Bonchev–Trinajstić information content (AvgIpc) is 2.82. The summed E-state index contributed by atoms with van der Waals surface area (Å²) in [6.07, 6.45) is 4.09. The maximum absolute atomic E-state index is 5.48. The summed E-state index contributed by atoms with van der Waals surface area (Å²) in [6, 6.07) is 1.99. The Labute approximate surface area is 115 Å². The summed E-state index contributed by atoms with van der Waals surface area (Å²) in [5.74, 6) is 0. The molecule has 1 aromatic rings. The number of aromatic nitrogens is 2. The van der Waals surface area contributed by atoms with Gasteiger partial charge in [0.25, 0.3) is 0 Å². The van der Waals surface area contributed by atoms with Gasteiger partial charge in [0.05, 0.1) is 39.6 Å². The lowest BCUT2D eigenvalue weighted by molar-refractivity contribution is 0.0123. The van der Waals surface area contributed by atoms with Crippen LogP contribution in [0.1, 0.15) is 25.5 Å². The van der Waals surface area contributed by atoms with Crippen molar-refractivity contribution >= 4 is 0 Å². The number of hydrogen-bond donors (Lipinski definition) is 0. The molecule has 19 heavy (non-hydrogen) atoms. The van der Waals surface area contributed by atoms with Crippen LogP contribution in [0.15, 0.2) is 12.3 Å². The third kappa shape index (κ3) is 7.97. The molecule has 0 spiro atoms. The monoisotopic (exact) mass is 270 g/mol. The van der Waals surface area contributed by atoms with Crippen LogP contribution in [0, 0.1) is 6.92 Å². The summed E-state index contributed by atoms with van der Waals surface area (Å²) in [7, 11) is 0. The maximum atomic E-state index is 5.48. The maximum Gasteiger partial charge on any atom is 0.0701 e. The van der Waals surface area contributed by atoms with E-state index in [1.807, 2.05) is 17.7 Å². The number of hydrogen-bond acceptors (Lipinski definition) is 4. The molecule has 0 bridgehead atoms. The molecule has 1 aromatic heterocycles. The number of ether oxygens (including phenoxy) is 3. The highest BCUT2D eigenvalue weighted by molar-refractivity contribution is 4.96. The van der Waals surface area contributed by atoms with E-state index in [1.54, 1.807) is 6.20 Å². The van der Waals surface area contributed by atoms with Crippen LogP contribution in [0.2, 0.25) is 0 Å². The minimum Gasteiger partial charge on any atom is -0.379 e. The molecule has 5 nitrogen and oxygen atoms in total. The van der Waals surface area contributed by atoms with E-state index in [0.29, 0.717) is 33.0 Å². The normalized spacial score (nSPS) is 11.1. The molecule has 0 aliphatic rings. The van der Waals surface area contributed by atoms with Gasteiger partial charge in [-0.1, -0.05) is 13.3 Å². The zero-order valence-electron chi connectivity index (χ0n) is 12.1. The summed E-state index contributed by atoms with van der Waals surface area (Å²) in [4.78, 5) is 0. The van der Waals surface area contributed by atoms with E-state index in [0.717, 1.165) is 25.3 Å². The molecule has 0 N–H and O–H groups in total. The van der Waals surface area contributed by atoms with Gasteiger partial charge in [-0.15, -0.1) is 0 Å². The van der Waals surface area contributed by atoms with Crippen molar-refractivity contribution in [3.05, 3.63) is 18.0 Å². The molecule has 0 unspecified atom stereocenters. The fourth-order valence-electron chi connectivity index (χ4n) is 1.57. The lowest BCUT2D eigenvalue weighted by Crippen LogP contribution is -2.13. The van der Waals surface area contributed by atoms with Crippen molar-refractivity contribution in [2.24, 2.45) is 0 Å². The van der Waals surface area contributed by atoms with Crippen LogP contribution in [0.4, 0.5) is 0 Å². The van der Waals surface area contributed by atoms with Gasteiger partial charge >= 0.3 is 0 Å². The van der Waals surface area contributed by atoms with E-state index in [2.05, 4.69) is 12.0 Å². The minimum atomic E-state index is 0.620. The quantitative estimate of drug-likeness (QED) is 0.545. The van der Waals surface area contributed by atoms with Crippen LogP contribution in [0.5, 0.6) is 0 Å². The second kappa shape index (κ2) is 11.0. The van der Waals surface area contributed by atoms with E-state index >= 15 is 0 Å². The SMILES string of the molecule is CCCCOCCOCCOCCn1nccc1C. The van der Waals surface area contributed by atoms with Gasteiger partial charge in [-0.25, -0.2) is 0 Å². The van der Waals surface area contributed by atoms with Gasteiger partial charge in [0.2, 0.25) is 0 Å². The topological polar surface area (TPSA) is 45.5 Å². The van der Waals surface area contributed by atoms with E-state index in [1.165, 1.54) is 6.42 Å². The summed E-state index contributed by atoms with van der Waals surface area (Å²) in [5.41, 5.74) is 1.16. The smallest absolute Gasteiger partial charge is 0.0701 e. The van der Waals surface area contributed by atoms with Gasteiger partial charge in [0.15, 0.2) is 0 Å². The van der Waals surface area contributed by atoms with Crippen molar-refractivity contribution < 1.29 is 14.2 Å². The number of nitrogens with zero attached hydrogens (tertiary/aromatic N) is 2. The Bertz CT molecular complexity index is 315. The molecule has 0 aliphatic carbocycles. The Hall–Kier alpha value is -0.910. The molecule has 0 aliphatic heterocycles. The molecule has 1 rings (SSSR count). The predicted molar refractivity (Wildman–Crippen MR) is 74.3 cm³/mol. The van der Waals surface area contributed by atoms with Gasteiger partial charge in [0, 0.05) is 18.5 Å². The molecular formula is C14H26N2O3. The van der Waals surface area contributed by atoms with Crippen molar-refractivity contribution in [1.82, 2.24) is 9.78 Å². The standard InChI is InChI=1S/C14H26N2O3/c1-3-4-8-17-10-12-19-13-11-18-9-7-16-14(2)5-6-15-16/h5-6H,3-4,7-13H2,1-2H3. The summed E-state index contributed by atoms with van der Waals surface area (Å²) in [5, 5.41) is 4.19. The Morgan fingerprint density at radius 3 is 2.21 bits per heavy atom. The van der Waals surface area contributed by atoms with Crippen LogP contribution < -0.4 is 0 Å². The zero-order chi connectivity index (χ0) is 13.8. The Morgan fingerprint density at radius 2 is 1.63 bits per heavy atom. The summed E-state index contributed by atoms with van der Waals surface area (Å²) in [6.45, 7) is 9.04. The van der Waals surface area contributed by atoms with E-state index < -0.39 is 0 Å². The Morgan fingerprint density at radius 1 is 1.00 bits per heavy atom. The zero-order valence-corrected chi connectivity index (χ0v) is 12.1. The first-order valence-corrected chi connectivity index (χ1v) is 7.06. The summed E-state index contributed by atoms with van der Waals surface area (Å²) >= 11 is 0. The van der Waals surface area contributed by atoms with Crippen molar-refractivity contribution in [2.75, 3.05) is 39.6 Å². The van der Waals surface area contributed by atoms with Crippen molar-refractivity contribution in [2.45, 2.75) is 33.2 Å². The predicted octanol–water partition coefficient (Wildman–Crippen LogP) is 2.04. The third-order valence-corrected chi connectivity index (χ3v) is 2.76. The molecule has 1 heterocycles. The van der Waals surface area contributed by atoms with Gasteiger partial charge in [0.1, 0.15) is 0 Å². The number of unbranched alkanes of at least 4 members (excludes halogenated alkanes) is 1. The van der Waals surface area contributed by atoms with E-state index in [9.17, 15) is 0 Å². The van der Waals surface area contributed by atoms with Crippen LogP contribution >= 0.6 is 0 Å². The molecule has 0 radical (unpaired) electrons. The second-order valence-electron chi connectivity index (χ2n) is 4.39. The second-order valence-corrected chi connectivity index (χ2v) is 4.39. The first-order chi connectivity index (χ1) is 9.34. The number of rotatable bonds is 12. The van der Waals surface area contributed by atoms with Crippen LogP contribution in [-0.4, -0.2) is 49.4 Å². The molecule has 110 valence electrons. The molecule has 0 saturated heterocycles. The molecular weight excluding hydrogens is 244 g/mol. The van der Waals surface area contributed by atoms with Crippen LogP contribution in [-0.2, 0) is 20.8 Å². The minimum absolute atomic E-state index is 0.620. The number of aryl methyl sites for hydroxylation is 1. The molecule has 0 amide bonds. The van der Waals surface area contributed by atoms with Crippen molar-refractivity contribution in [3.8, 4) is 0 Å². The van der Waals surface area contributed by atoms with Gasteiger partial charge in [-0.2, -0.15) is 5.10 Å². The highest BCUT2D eigenvalue weighted by atomic mass is 16.5. The van der Waals surface area contributed by atoms with Crippen molar-refractivity contribution in [1.29, 1.82) is 0 Å². The third-order valence-electron chi connectivity index (χ3n) is 2.76. The first kappa shape index (κ1) is 16.1. The van der Waals surface area contributed by atoms with E-state index in [-0.39, 0.29) is 0 Å². The lowest BCUT2D eigenvalue weighted by atomic mass is 10.4. The largest absolute Gasteiger partial charge is 0.379 e. The van der Waals surface area contributed by atoms with Crippen LogP contribution in [0.3, 0.4) is 0 Å². The first-order valence-electron chi connectivity index (χ1n) is 7.06. The fourth-order valence-corrected chi connectivity index (χ4v) is 1.57. The molecule has 0 atom stereocenters. The van der Waals surface area contributed by atoms with Gasteiger partial charge < -0.3 is 14.2 Å². The average molecular weight is 270 g/mol. The fraction of sp³-hybridized carbons (Fsp3) is 0.786. The molecule has 0 fully saturated rings. The Balaban J connectivity index is 1.80. The Kier molecular flexibility index (Phi) is 9.32. The lowest BCUT2D eigenvalue weighted by Gasteiger charge is -2.07. The van der Waals surface area contributed by atoms with E-state index in [4.69, 9.17) is 14.2 Å². The van der Waals surface area contributed by atoms with Gasteiger partial charge in [-0.3, -0.25) is 4.68 Å². The highest BCUT2D eigenvalue weighted by Gasteiger charge is 1.96. The highest BCUT2D eigenvalue weighted by Crippen LogP contribution is 1.95. The summed E-state index contributed by atoms with van der Waals surface area (Å²) < 4.78 is 18.2. The molecule has 0 saturated carbocycles. The molecule has 0 aromatic carbocycles. The van der Waals surface area contributed by atoms with Gasteiger partial charge in [-0.05, 0) is 19.4 Å². The van der Waals surface area contributed by atoms with Crippen LogP contribution in [0.25, 0.3) is 0 Å². The molecule has 5 heteroatoms.